The number of nitrogens with one attached hydrogen (secondary N) is 1. The van der Waals surface area contributed by atoms with E-state index in [0.717, 1.165) is 43.4 Å². The third-order valence-electron chi connectivity index (χ3n) is 5.48. The summed E-state index contributed by atoms with van der Waals surface area (Å²) in [7, 11) is 0. The number of guanidine groups is 1. The van der Waals surface area contributed by atoms with E-state index in [0.29, 0.717) is 18.5 Å². The van der Waals surface area contributed by atoms with Crippen molar-refractivity contribution >= 4 is 5.96 Å². The van der Waals surface area contributed by atoms with E-state index in [9.17, 15) is 0 Å². The van der Waals surface area contributed by atoms with Gasteiger partial charge in [0, 0.05) is 56.2 Å². The molecule has 3 aromatic heterocycles. The number of aromatic nitrogens is 5. The summed E-state index contributed by atoms with van der Waals surface area (Å²) in [6.07, 6.45) is 14.2. The minimum atomic E-state index is 0.398. The van der Waals surface area contributed by atoms with E-state index in [-0.39, 0.29) is 0 Å². The largest absolute Gasteiger partial charge is 0.357 e. The predicted molar refractivity (Wildman–Crippen MR) is 113 cm³/mol. The second-order valence-electron chi connectivity index (χ2n) is 7.42. The molecule has 2 atom stereocenters. The molecule has 3 aromatic rings. The number of likely N-dealkylation sites (tertiary alicyclic amines) is 1. The molecule has 2 unspecified atom stereocenters. The van der Waals surface area contributed by atoms with Crippen molar-refractivity contribution in [1.29, 1.82) is 0 Å². The molecule has 0 bridgehead atoms. The third kappa shape index (κ3) is 4.31. The van der Waals surface area contributed by atoms with E-state index in [1.54, 1.807) is 18.7 Å². The molecule has 1 saturated heterocycles. The van der Waals surface area contributed by atoms with Gasteiger partial charge in [-0.1, -0.05) is 13.0 Å². The summed E-state index contributed by atoms with van der Waals surface area (Å²) in [5.74, 6) is 2.42. The number of aliphatic imine (C=N–C) groups is 1. The smallest absolute Gasteiger partial charge is 0.194 e. The van der Waals surface area contributed by atoms with Crippen LogP contribution in [0.5, 0.6) is 0 Å². The van der Waals surface area contributed by atoms with Crippen LogP contribution >= 0.6 is 0 Å². The Morgan fingerprint density at radius 3 is 2.83 bits per heavy atom. The minimum Gasteiger partial charge on any atom is -0.357 e. The summed E-state index contributed by atoms with van der Waals surface area (Å²) in [6, 6.07) is 4.42. The minimum absolute atomic E-state index is 0.398. The number of nitrogens with zero attached hydrogens (tertiary/aromatic N) is 7. The zero-order valence-corrected chi connectivity index (χ0v) is 17.0. The number of hydrogen-bond donors (Lipinski definition) is 1. The molecular formula is C21H28N8. The Balaban J connectivity index is 1.54. The summed E-state index contributed by atoms with van der Waals surface area (Å²) in [4.78, 5) is 20.2. The van der Waals surface area contributed by atoms with E-state index >= 15 is 0 Å². The van der Waals surface area contributed by atoms with Crippen molar-refractivity contribution in [1.82, 2.24) is 34.3 Å². The number of rotatable bonds is 5. The van der Waals surface area contributed by atoms with Crippen LogP contribution in [0, 0.1) is 5.92 Å². The molecule has 152 valence electrons. The molecule has 1 aliphatic rings. The average molecular weight is 393 g/mol. The Kier molecular flexibility index (Phi) is 5.88. The molecule has 4 heterocycles. The van der Waals surface area contributed by atoms with E-state index in [1.165, 1.54) is 0 Å². The molecule has 8 nitrogen and oxygen atoms in total. The molecule has 0 aromatic carbocycles. The molecule has 1 N–H and O–H groups in total. The zero-order valence-electron chi connectivity index (χ0n) is 17.0. The van der Waals surface area contributed by atoms with Crippen molar-refractivity contribution in [2.75, 3.05) is 19.6 Å². The van der Waals surface area contributed by atoms with E-state index in [4.69, 9.17) is 4.99 Å². The first-order valence-electron chi connectivity index (χ1n) is 10.2. The molecule has 0 amide bonds. The first kappa shape index (κ1) is 19.2. The SMILES string of the molecule is CCNC(=NCc1cccnc1-n1ccnc1)N1CCC(C)C(n2ccnc2)C1. The number of pyridine rings is 1. The van der Waals surface area contributed by atoms with Gasteiger partial charge in [0.05, 0.1) is 18.9 Å². The highest BCUT2D eigenvalue weighted by molar-refractivity contribution is 5.80. The van der Waals surface area contributed by atoms with Gasteiger partial charge >= 0.3 is 0 Å². The third-order valence-corrected chi connectivity index (χ3v) is 5.48. The standard InChI is InChI=1S/C21H28N8/c1-3-24-21(27-10-6-17(2)19(14-27)28-11-8-22-15-28)26-13-18-5-4-7-25-20(18)29-12-9-23-16-29/h4-5,7-9,11-12,15-17,19H,3,6,10,13-14H2,1-2H3,(H,24,26). The van der Waals surface area contributed by atoms with Crippen LogP contribution in [0.3, 0.4) is 0 Å². The molecule has 0 saturated carbocycles. The molecule has 0 spiro atoms. The van der Waals surface area contributed by atoms with Crippen LogP contribution in [0.2, 0.25) is 0 Å². The predicted octanol–water partition coefficient (Wildman–Crippen LogP) is 2.51. The molecule has 4 rings (SSSR count). The van der Waals surface area contributed by atoms with E-state index in [2.05, 4.69) is 55.8 Å². The van der Waals surface area contributed by atoms with Crippen molar-refractivity contribution in [3.63, 3.8) is 0 Å². The van der Waals surface area contributed by atoms with Gasteiger partial charge in [0.15, 0.2) is 5.96 Å². The van der Waals surface area contributed by atoms with Gasteiger partial charge in [0.1, 0.15) is 12.1 Å². The Bertz CT molecular complexity index is 916. The van der Waals surface area contributed by atoms with Crippen LogP contribution < -0.4 is 5.32 Å². The van der Waals surface area contributed by atoms with Crippen LogP contribution in [-0.2, 0) is 6.54 Å². The van der Waals surface area contributed by atoms with Crippen molar-refractivity contribution in [2.24, 2.45) is 10.9 Å². The fourth-order valence-electron chi connectivity index (χ4n) is 3.85. The number of imidazole rings is 2. The molecule has 29 heavy (non-hydrogen) atoms. The lowest BCUT2D eigenvalue weighted by atomic mass is 9.93. The second kappa shape index (κ2) is 8.89. The highest BCUT2D eigenvalue weighted by Crippen LogP contribution is 2.27. The van der Waals surface area contributed by atoms with Gasteiger partial charge in [0.25, 0.3) is 0 Å². The molecule has 8 heteroatoms. The van der Waals surface area contributed by atoms with Gasteiger partial charge in [-0.3, -0.25) is 4.57 Å². The maximum absolute atomic E-state index is 4.95. The Morgan fingerprint density at radius 2 is 2.07 bits per heavy atom. The quantitative estimate of drug-likeness (QED) is 0.533. The van der Waals surface area contributed by atoms with Crippen molar-refractivity contribution in [3.8, 4) is 5.82 Å². The van der Waals surface area contributed by atoms with E-state index in [1.807, 2.05) is 29.4 Å². The van der Waals surface area contributed by atoms with Crippen LogP contribution in [0.25, 0.3) is 5.82 Å². The fourth-order valence-corrected chi connectivity index (χ4v) is 3.85. The summed E-state index contributed by atoms with van der Waals surface area (Å²) in [6.45, 7) is 7.74. The Labute approximate surface area is 171 Å². The van der Waals surface area contributed by atoms with Crippen LogP contribution in [0.1, 0.15) is 31.9 Å². The van der Waals surface area contributed by atoms with Gasteiger partial charge < -0.3 is 14.8 Å². The second-order valence-corrected chi connectivity index (χ2v) is 7.42. The van der Waals surface area contributed by atoms with Crippen LogP contribution in [-0.4, -0.2) is 54.6 Å². The highest BCUT2D eigenvalue weighted by Gasteiger charge is 2.28. The van der Waals surface area contributed by atoms with Crippen LogP contribution in [0.4, 0.5) is 0 Å². The zero-order chi connectivity index (χ0) is 20.1. The maximum Gasteiger partial charge on any atom is 0.194 e. The first-order valence-corrected chi connectivity index (χ1v) is 10.2. The van der Waals surface area contributed by atoms with Gasteiger partial charge in [0.2, 0.25) is 0 Å². The van der Waals surface area contributed by atoms with Gasteiger partial charge in [-0.25, -0.2) is 19.9 Å². The molecular weight excluding hydrogens is 364 g/mol. The first-order chi connectivity index (χ1) is 14.3. The lowest BCUT2D eigenvalue weighted by Crippen LogP contribution is -2.49. The van der Waals surface area contributed by atoms with Crippen LogP contribution in [0.15, 0.2) is 60.8 Å². The summed E-state index contributed by atoms with van der Waals surface area (Å²) in [5, 5.41) is 3.47. The van der Waals surface area contributed by atoms with E-state index < -0.39 is 0 Å². The van der Waals surface area contributed by atoms with Gasteiger partial charge in [-0.05, 0) is 25.3 Å². The highest BCUT2D eigenvalue weighted by atomic mass is 15.3. The maximum atomic E-state index is 4.95. The molecule has 0 aliphatic carbocycles. The average Bonchev–Trinajstić information content (AvgIpc) is 3.46. The van der Waals surface area contributed by atoms with Crippen molar-refractivity contribution < 1.29 is 0 Å². The fraction of sp³-hybridized carbons (Fsp3) is 0.429. The normalized spacial score (nSPS) is 20.1. The summed E-state index contributed by atoms with van der Waals surface area (Å²) in [5.41, 5.74) is 1.07. The van der Waals surface area contributed by atoms with Crippen molar-refractivity contribution in [3.05, 3.63) is 61.3 Å². The Hall–Kier alpha value is -3.16. The summed E-state index contributed by atoms with van der Waals surface area (Å²) >= 11 is 0. The topological polar surface area (TPSA) is 76.2 Å². The Morgan fingerprint density at radius 1 is 1.21 bits per heavy atom. The van der Waals surface area contributed by atoms with Gasteiger partial charge in [-0.15, -0.1) is 0 Å². The monoisotopic (exact) mass is 392 g/mol. The van der Waals surface area contributed by atoms with Gasteiger partial charge in [-0.2, -0.15) is 0 Å². The van der Waals surface area contributed by atoms with Crippen molar-refractivity contribution in [2.45, 2.75) is 32.9 Å². The lowest BCUT2D eigenvalue weighted by molar-refractivity contribution is 0.189. The lowest BCUT2D eigenvalue weighted by Gasteiger charge is -2.39. The molecule has 1 fully saturated rings. The molecule has 1 aliphatic heterocycles. The number of hydrogen-bond acceptors (Lipinski definition) is 4. The summed E-state index contributed by atoms with van der Waals surface area (Å²) < 4.78 is 4.15. The molecule has 0 radical (unpaired) electrons. The number of piperidine rings is 1.